The molecule has 0 unspecified atom stereocenters. The van der Waals surface area contributed by atoms with Gasteiger partial charge in [-0.25, -0.2) is 13.9 Å². The van der Waals surface area contributed by atoms with Gasteiger partial charge in [0.1, 0.15) is 6.17 Å². The lowest BCUT2D eigenvalue weighted by atomic mass is 9.92. The first-order chi connectivity index (χ1) is 15.2. The number of nitrogens with zero attached hydrogens (tertiary/aromatic N) is 5. The average molecular weight is 448 g/mol. The Labute approximate surface area is 180 Å². The van der Waals surface area contributed by atoms with E-state index < -0.39 is 24.2 Å². The van der Waals surface area contributed by atoms with Crippen molar-refractivity contribution in [3.8, 4) is 11.3 Å². The number of carbonyl (C=O) groups is 1. The highest BCUT2D eigenvalue weighted by Gasteiger charge is 2.38. The average Bonchev–Trinajstić information content (AvgIpc) is 3.49. The van der Waals surface area contributed by atoms with Gasteiger partial charge < -0.3 is 10.6 Å². The molecule has 1 aliphatic heterocycles. The van der Waals surface area contributed by atoms with Gasteiger partial charge in [0, 0.05) is 18.0 Å². The van der Waals surface area contributed by atoms with Crippen molar-refractivity contribution in [3.63, 3.8) is 0 Å². The summed E-state index contributed by atoms with van der Waals surface area (Å²) in [6.07, 6.45) is -1.32. The number of alkyl halides is 4. The molecule has 2 aliphatic rings. The van der Waals surface area contributed by atoms with Crippen molar-refractivity contribution in [2.24, 2.45) is 5.73 Å². The Hall–Kier alpha value is -3.08. The van der Waals surface area contributed by atoms with E-state index in [4.69, 9.17) is 5.73 Å². The van der Waals surface area contributed by atoms with Crippen LogP contribution in [0.25, 0.3) is 16.9 Å². The smallest absolute Gasteiger partial charge is 0.338 e. The maximum atomic E-state index is 13.5. The second kappa shape index (κ2) is 7.51. The molecule has 0 bridgehead atoms. The minimum Gasteiger partial charge on any atom is -0.338 e. The van der Waals surface area contributed by atoms with Crippen molar-refractivity contribution in [2.45, 2.75) is 43.6 Å². The maximum Gasteiger partial charge on any atom is 0.453 e. The van der Waals surface area contributed by atoms with E-state index in [1.807, 2.05) is 12.1 Å². The number of aromatic nitrogens is 4. The lowest BCUT2D eigenvalue weighted by molar-refractivity contribution is -0.144. The molecule has 7 nitrogen and oxygen atoms in total. The van der Waals surface area contributed by atoms with Gasteiger partial charge in [0.15, 0.2) is 5.65 Å². The summed E-state index contributed by atoms with van der Waals surface area (Å²) >= 11 is 0. The molecule has 32 heavy (non-hydrogen) atoms. The molecule has 0 spiro atoms. The quantitative estimate of drug-likeness (QED) is 0.623. The summed E-state index contributed by atoms with van der Waals surface area (Å²) in [5.74, 6) is -1.67. The predicted molar refractivity (Wildman–Crippen MR) is 106 cm³/mol. The first-order valence-electron chi connectivity index (χ1n) is 10.3. The zero-order chi connectivity index (χ0) is 22.6. The van der Waals surface area contributed by atoms with Crippen LogP contribution in [0.3, 0.4) is 0 Å². The highest BCUT2D eigenvalue weighted by atomic mass is 19.4. The molecule has 3 heterocycles. The van der Waals surface area contributed by atoms with Gasteiger partial charge in [-0.3, -0.25) is 9.78 Å². The normalized spacial score (nSPS) is 21.8. The largest absolute Gasteiger partial charge is 0.453 e. The molecular weight excluding hydrogens is 428 g/mol. The molecule has 2 aromatic heterocycles. The number of aryl methyl sites for hydroxylation is 1. The van der Waals surface area contributed by atoms with E-state index >= 15 is 0 Å². The zero-order valence-corrected chi connectivity index (χ0v) is 16.9. The molecule has 1 saturated heterocycles. The van der Waals surface area contributed by atoms with Crippen LogP contribution in [-0.4, -0.2) is 55.7 Å². The topological polar surface area (TPSA) is 89.4 Å². The van der Waals surface area contributed by atoms with Gasteiger partial charge in [-0.15, -0.1) is 5.10 Å². The Morgan fingerprint density at radius 3 is 2.75 bits per heavy atom. The summed E-state index contributed by atoms with van der Waals surface area (Å²) in [5, 5.41) is 3.61. The minimum atomic E-state index is -4.66. The maximum absolute atomic E-state index is 13.5. The molecule has 168 valence electrons. The number of fused-ring (bicyclic) bond motifs is 2. The number of amides is 1. The van der Waals surface area contributed by atoms with Crippen LogP contribution < -0.4 is 5.73 Å². The molecule has 1 amide bonds. The van der Waals surface area contributed by atoms with Gasteiger partial charge in [-0.2, -0.15) is 13.2 Å². The van der Waals surface area contributed by atoms with E-state index in [-0.39, 0.29) is 24.0 Å². The van der Waals surface area contributed by atoms with Gasteiger partial charge in [0.05, 0.1) is 30.7 Å². The van der Waals surface area contributed by atoms with Crippen molar-refractivity contribution >= 4 is 11.6 Å². The van der Waals surface area contributed by atoms with Crippen LogP contribution in [0.15, 0.2) is 30.6 Å². The second-order valence-corrected chi connectivity index (χ2v) is 8.25. The van der Waals surface area contributed by atoms with E-state index in [0.717, 1.165) is 15.6 Å². The summed E-state index contributed by atoms with van der Waals surface area (Å²) in [5.41, 5.74) is 9.19. The Morgan fingerprint density at radius 2 is 2.03 bits per heavy atom. The third-order valence-corrected chi connectivity index (χ3v) is 6.22. The van der Waals surface area contributed by atoms with Crippen LogP contribution in [0, 0.1) is 0 Å². The molecule has 3 atom stereocenters. The molecule has 0 saturated carbocycles. The Kier molecular flexibility index (Phi) is 4.88. The van der Waals surface area contributed by atoms with Crippen LogP contribution in [0.4, 0.5) is 17.6 Å². The number of hydrogen-bond acceptors (Lipinski definition) is 5. The lowest BCUT2D eigenvalue weighted by Crippen LogP contribution is -2.45. The molecule has 3 aromatic rings. The molecule has 2 N–H and O–H groups in total. The number of hydrogen-bond donors (Lipinski definition) is 1. The Bertz CT molecular complexity index is 1190. The summed E-state index contributed by atoms with van der Waals surface area (Å²) in [7, 11) is 0. The molecule has 1 fully saturated rings. The number of benzene rings is 1. The van der Waals surface area contributed by atoms with Gasteiger partial charge in [0.2, 0.25) is 5.91 Å². The molecule has 1 aliphatic carbocycles. The zero-order valence-electron chi connectivity index (χ0n) is 16.9. The fourth-order valence-electron chi connectivity index (χ4n) is 4.61. The minimum absolute atomic E-state index is 0.00222. The summed E-state index contributed by atoms with van der Waals surface area (Å²) in [4.78, 5) is 21.7. The molecule has 5 rings (SSSR count). The molecular formula is C21H20F4N6O. The molecule has 1 aromatic carbocycles. The fourth-order valence-corrected chi connectivity index (χ4v) is 4.61. The van der Waals surface area contributed by atoms with E-state index in [9.17, 15) is 22.4 Å². The van der Waals surface area contributed by atoms with E-state index in [1.165, 1.54) is 17.3 Å². The number of rotatable bonds is 3. The highest BCUT2D eigenvalue weighted by Crippen LogP contribution is 2.38. The second-order valence-electron chi connectivity index (χ2n) is 8.25. The van der Waals surface area contributed by atoms with Crippen molar-refractivity contribution in [1.29, 1.82) is 0 Å². The third kappa shape index (κ3) is 3.50. The Balaban J connectivity index is 1.44. The van der Waals surface area contributed by atoms with Crippen molar-refractivity contribution in [1.82, 2.24) is 24.5 Å². The first-order valence-corrected chi connectivity index (χ1v) is 10.3. The van der Waals surface area contributed by atoms with Crippen LogP contribution in [-0.2, 0) is 17.4 Å². The predicted octanol–water partition coefficient (Wildman–Crippen LogP) is 2.74. The van der Waals surface area contributed by atoms with Gasteiger partial charge >= 0.3 is 6.18 Å². The third-order valence-electron chi connectivity index (χ3n) is 6.22. The number of likely N-dealkylation sites (tertiary alicyclic amines) is 1. The van der Waals surface area contributed by atoms with Crippen molar-refractivity contribution in [2.75, 3.05) is 13.1 Å². The van der Waals surface area contributed by atoms with Gasteiger partial charge in [0.25, 0.3) is 5.82 Å². The summed E-state index contributed by atoms with van der Waals surface area (Å²) < 4.78 is 53.7. The van der Waals surface area contributed by atoms with E-state index in [1.54, 1.807) is 6.07 Å². The van der Waals surface area contributed by atoms with Crippen LogP contribution >= 0.6 is 0 Å². The standard InChI is InChI=1S/C21H20F4N6O/c22-13-5-6-30(10-13)19(32)18(26)15-4-1-11-7-12(2-3-14(11)15)16-8-27-9-17-28-20(21(23,24)25)29-31(16)17/h2-3,7-9,13,15,18H,1,4-6,10,26H2/t13-,15-,18-/m0/s1. The van der Waals surface area contributed by atoms with Crippen LogP contribution in [0.1, 0.15) is 35.7 Å². The summed E-state index contributed by atoms with van der Waals surface area (Å²) in [6, 6.07) is 4.71. The van der Waals surface area contributed by atoms with Crippen molar-refractivity contribution < 1.29 is 22.4 Å². The lowest BCUT2D eigenvalue weighted by Gasteiger charge is -2.25. The molecule has 0 radical (unpaired) electrons. The van der Waals surface area contributed by atoms with Crippen LogP contribution in [0.2, 0.25) is 0 Å². The number of carbonyl (C=O) groups excluding carboxylic acids is 1. The van der Waals surface area contributed by atoms with Crippen molar-refractivity contribution in [3.05, 3.63) is 47.5 Å². The van der Waals surface area contributed by atoms with E-state index in [2.05, 4.69) is 15.1 Å². The SMILES string of the molecule is N[C@H](C(=O)N1CC[C@H](F)C1)[C@H]1CCc2cc(-c3cncc4nc(C(F)(F)F)nn34)ccc21. The highest BCUT2D eigenvalue weighted by molar-refractivity contribution is 5.83. The van der Waals surface area contributed by atoms with Crippen LogP contribution in [0.5, 0.6) is 0 Å². The number of nitrogens with two attached hydrogens (primary N) is 1. The molecule has 11 heteroatoms. The monoisotopic (exact) mass is 448 g/mol. The summed E-state index contributed by atoms with van der Waals surface area (Å²) in [6.45, 7) is 0.459. The fraction of sp³-hybridized carbons (Fsp3) is 0.429. The van der Waals surface area contributed by atoms with E-state index in [0.29, 0.717) is 37.1 Å². The van der Waals surface area contributed by atoms with Gasteiger partial charge in [-0.05, 0) is 36.5 Å². The Morgan fingerprint density at radius 1 is 1.22 bits per heavy atom. The van der Waals surface area contributed by atoms with Gasteiger partial charge in [-0.1, -0.05) is 12.1 Å². The number of halogens is 4. The first kappa shape index (κ1) is 20.8.